The molecule has 1 heterocycles. The summed E-state index contributed by atoms with van der Waals surface area (Å²) in [7, 11) is 0. The van der Waals surface area contributed by atoms with Crippen LogP contribution in [0.15, 0.2) is 22.4 Å². The third kappa shape index (κ3) is 7.00. The van der Waals surface area contributed by atoms with Crippen LogP contribution < -0.4 is 0 Å². The first kappa shape index (κ1) is 19.3. The topological polar surface area (TPSA) is 95.0 Å². The summed E-state index contributed by atoms with van der Waals surface area (Å²) in [6.07, 6.45) is 2.02. The number of carbonyl (C=O) groups excluding carboxylic acids is 1. The van der Waals surface area contributed by atoms with Gasteiger partial charge < -0.3 is 9.84 Å². The van der Waals surface area contributed by atoms with Crippen LogP contribution in [0.1, 0.15) is 40.5 Å². The lowest BCUT2D eigenvalue weighted by Gasteiger charge is -2.17. The molecule has 0 saturated heterocycles. The standard InChI is InChI=1S/C9H15N3.C6H10O3/c1-4-8(5-7(2)3)9(6-10)11-12-9;1-5(2)6(8)9-4-3-7/h7-8H,4-5H2,1-3H3;7H,1,3-4H2,2H3. The van der Waals surface area contributed by atoms with Crippen molar-refractivity contribution in [3.05, 3.63) is 12.2 Å². The fourth-order valence-electron chi connectivity index (χ4n) is 1.80. The number of nitriles is 1. The minimum atomic E-state index is -0.654. The minimum absolute atomic E-state index is 0.0473. The van der Waals surface area contributed by atoms with Crippen molar-refractivity contribution in [3.8, 4) is 6.07 Å². The Hall–Kier alpha value is -1.74. The molecular formula is C15H25N3O3. The van der Waals surface area contributed by atoms with Crippen molar-refractivity contribution in [2.45, 2.75) is 46.2 Å². The van der Waals surface area contributed by atoms with E-state index in [1.165, 1.54) is 0 Å². The largest absolute Gasteiger partial charge is 0.460 e. The molecule has 21 heavy (non-hydrogen) atoms. The van der Waals surface area contributed by atoms with Crippen LogP contribution in [0.2, 0.25) is 0 Å². The highest BCUT2D eigenvalue weighted by Gasteiger charge is 2.47. The van der Waals surface area contributed by atoms with E-state index in [1.54, 1.807) is 6.92 Å². The average Bonchev–Trinajstić information content (AvgIpc) is 3.23. The van der Waals surface area contributed by atoms with Crippen LogP contribution in [0.25, 0.3) is 0 Å². The Morgan fingerprint density at radius 2 is 2.05 bits per heavy atom. The zero-order chi connectivity index (χ0) is 16.5. The molecule has 0 aromatic carbocycles. The van der Waals surface area contributed by atoms with Gasteiger partial charge in [-0.1, -0.05) is 27.4 Å². The molecule has 1 N–H and O–H groups in total. The molecule has 0 saturated carbocycles. The van der Waals surface area contributed by atoms with Gasteiger partial charge >= 0.3 is 5.97 Å². The number of aliphatic hydroxyl groups is 1. The van der Waals surface area contributed by atoms with Gasteiger partial charge in [0.05, 0.1) is 6.61 Å². The molecule has 0 aromatic heterocycles. The Morgan fingerprint density at radius 3 is 2.33 bits per heavy atom. The van der Waals surface area contributed by atoms with Crippen LogP contribution in [-0.2, 0) is 9.53 Å². The highest BCUT2D eigenvalue weighted by atomic mass is 16.5. The van der Waals surface area contributed by atoms with Crippen molar-refractivity contribution >= 4 is 5.97 Å². The molecular weight excluding hydrogens is 270 g/mol. The number of hydrogen-bond acceptors (Lipinski definition) is 6. The van der Waals surface area contributed by atoms with E-state index in [1.807, 2.05) is 0 Å². The van der Waals surface area contributed by atoms with Gasteiger partial charge in [-0.05, 0) is 25.7 Å². The second-order valence-electron chi connectivity index (χ2n) is 5.41. The van der Waals surface area contributed by atoms with Gasteiger partial charge in [-0.25, -0.2) is 4.79 Å². The van der Waals surface area contributed by atoms with E-state index in [0.29, 0.717) is 17.4 Å². The van der Waals surface area contributed by atoms with Gasteiger partial charge in [0, 0.05) is 11.5 Å². The van der Waals surface area contributed by atoms with Crippen LogP contribution in [0.3, 0.4) is 0 Å². The summed E-state index contributed by atoms with van der Waals surface area (Å²) in [5.74, 6) is 0.484. The van der Waals surface area contributed by atoms with E-state index in [9.17, 15) is 4.79 Å². The van der Waals surface area contributed by atoms with Gasteiger partial charge in [-0.3, -0.25) is 0 Å². The predicted molar refractivity (Wildman–Crippen MR) is 79.3 cm³/mol. The van der Waals surface area contributed by atoms with Gasteiger partial charge in [0.1, 0.15) is 12.7 Å². The van der Waals surface area contributed by atoms with E-state index >= 15 is 0 Å². The smallest absolute Gasteiger partial charge is 0.333 e. The SMILES string of the molecule is C=C(C)C(=O)OCCO.CCC(CC(C)C)C1(C#N)N=N1. The number of hydrogen-bond donors (Lipinski definition) is 1. The molecule has 0 amide bonds. The van der Waals surface area contributed by atoms with E-state index in [4.69, 9.17) is 10.4 Å². The fraction of sp³-hybridized carbons (Fsp3) is 0.733. The molecule has 1 unspecified atom stereocenters. The number of carbonyl (C=O) groups is 1. The van der Waals surface area contributed by atoms with Crippen LogP contribution in [0, 0.1) is 23.2 Å². The molecule has 1 rings (SSSR count). The van der Waals surface area contributed by atoms with Gasteiger partial charge in [-0.15, -0.1) is 10.2 Å². The van der Waals surface area contributed by atoms with Crippen molar-refractivity contribution in [1.82, 2.24) is 0 Å². The summed E-state index contributed by atoms with van der Waals surface area (Å²) in [5.41, 5.74) is -0.303. The van der Waals surface area contributed by atoms with Crippen molar-refractivity contribution < 1.29 is 14.6 Å². The molecule has 6 nitrogen and oxygen atoms in total. The van der Waals surface area contributed by atoms with Crippen molar-refractivity contribution in [1.29, 1.82) is 5.26 Å². The second kappa shape index (κ2) is 9.24. The predicted octanol–water partition coefficient (Wildman–Crippen LogP) is 2.84. The first-order valence-corrected chi connectivity index (χ1v) is 7.11. The molecule has 1 atom stereocenters. The monoisotopic (exact) mass is 295 g/mol. The van der Waals surface area contributed by atoms with Crippen LogP contribution >= 0.6 is 0 Å². The second-order valence-corrected chi connectivity index (χ2v) is 5.41. The van der Waals surface area contributed by atoms with Gasteiger partial charge in [-0.2, -0.15) is 5.26 Å². The Morgan fingerprint density at radius 1 is 1.48 bits per heavy atom. The number of aliphatic hydroxyl groups excluding tert-OH is 1. The molecule has 0 bridgehead atoms. The summed E-state index contributed by atoms with van der Waals surface area (Å²) < 4.78 is 4.46. The maximum absolute atomic E-state index is 10.5. The maximum Gasteiger partial charge on any atom is 0.333 e. The normalized spacial score (nSPS) is 15.5. The van der Waals surface area contributed by atoms with Crippen LogP contribution in [0.4, 0.5) is 0 Å². The van der Waals surface area contributed by atoms with E-state index in [0.717, 1.165) is 12.8 Å². The van der Waals surface area contributed by atoms with E-state index < -0.39 is 11.6 Å². The van der Waals surface area contributed by atoms with Gasteiger partial charge in [0.2, 0.25) is 0 Å². The van der Waals surface area contributed by atoms with Crippen LogP contribution in [-0.4, -0.2) is 30.0 Å². The third-order valence-electron chi connectivity index (χ3n) is 2.97. The molecule has 0 aromatic rings. The Balaban J connectivity index is 0.000000400. The number of rotatable bonds is 7. The van der Waals surface area contributed by atoms with Crippen molar-refractivity contribution in [2.75, 3.05) is 13.2 Å². The average molecular weight is 295 g/mol. The summed E-state index contributed by atoms with van der Waals surface area (Å²) in [6, 6.07) is 2.18. The lowest BCUT2D eigenvalue weighted by atomic mass is 9.86. The summed E-state index contributed by atoms with van der Waals surface area (Å²) >= 11 is 0. The van der Waals surface area contributed by atoms with Crippen molar-refractivity contribution in [3.63, 3.8) is 0 Å². The molecule has 0 radical (unpaired) electrons. The Kier molecular flexibility index (Phi) is 8.48. The third-order valence-corrected chi connectivity index (χ3v) is 2.97. The molecule has 0 fully saturated rings. The molecule has 0 spiro atoms. The van der Waals surface area contributed by atoms with Crippen LogP contribution in [0.5, 0.6) is 0 Å². The number of nitrogens with zero attached hydrogens (tertiary/aromatic N) is 3. The van der Waals surface area contributed by atoms with Gasteiger partial charge in [0.15, 0.2) is 0 Å². The first-order chi connectivity index (χ1) is 9.82. The summed E-state index contributed by atoms with van der Waals surface area (Å²) in [6.45, 7) is 11.2. The molecule has 1 aliphatic rings. The molecule has 1 aliphatic heterocycles. The maximum atomic E-state index is 10.5. The lowest BCUT2D eigenvalue weighted by molar-refractivity contribution is -0.139. The molecule has 0 aliphatic carbocycles. The lowest BCUT2D eigenvalue weighted by Crippen LogP contribution is -2.23. The molecule has 118 valence electrons. The molecule has 6 heteroatoms. The summed E-state index contributed by atoms with van der Waals surface area (Å²) in [4.78, 5) is 10.5. The fourth-order valence-corrected chi connectivity index (χ4v) is 1.80. The van der Waals surface area contributed by atoms with Crippen molar-refractivity contribution in [2.24, 2.45) is 22.1 Å². The zero-order valence-corrected chi connectivity index (χ0v) is 13.3. The number of esters is 1. The first-order valence-electron chi connectivity index (χ1n) is 7.11. The Bertz CT molecular complexity index is 418. The quantitative estimate of drug-likeness (QED) is 0.577. The number of ether oxygens (including phenoxy) is 1. The highest BCUT2D eigenvalue weighted by molar-refractivity contribution is 5.86. The van der Waals surface area contributed by atoms with Gasteiger partial charge in [0.25, 0.3) is 5.66 Å². The zero-order valence-electron chi connectivity index (χ0n) is 13.3. The van der Waals surface area contributed by atoms with E-state index in [2.05, 4.69) is 48.4 Å². The van der Waals surface area contributed by atoms with E-state index in [-0.39, 0.29) is 13.2 Å². The highest BCUT2D eigenvalue weighted by Crippen LogP contribution is 2.40. The summed E-state index contributed by atoms with van der Waals surface area (Å²) in [5, 5.41) is 24.7. The minimum Gasteiger partial charge on any atom is -0.460 e. The Labute approximate surface area is 126 Å².